The number of pyridine rings is 1. The summed E-state index contributed by atoms with van der Waals surface area (Å²) in [5.74, 6) is -3.86. The van der Waals surface area contributed by atoms with Gasteiger partial charge in [0.15, 0.2) is 0 Å². The summed E-state index contributed by atoms with van der Waals surface area (Å²) in [6, 6.07) is 8.29. The first kappa shape index (κ1) is 31.5. The lowest BCUT2D eigenvalue weighted by atomic mass is 10.2. The highest BCUT2D eigenvalue weighted by Gasteiger charge is 2.38. The molecule has 0 bridgehead atoms. The number of rotatable bonds is 5. The second-order valence-corrected chi connectivity index (χ2v) is 7.59. The molecule has 2 aromatic rings. The summed E-state index contributed by atoms with van der Waals surface area (Å²) in [5, 5.41) is 17.6. The van der Waals surface area contributed by atoms with Crippen molar-refractivity contribution in [2.45, 2.75) is 44.8 Å². The fraction of sp³-hybridized carbons (Fsp3) is 0.476. The van der Waals surface area contributed by atoms with Gasteiger partial charge in [-0.1, -0.05) is 6.07 Å². The Morgan fingerprint density at radius 1 is 1.05 bits per heavy atom. The lowest BCUT2D eigenvalue weighted by Crippen LogP contribution is -2.40. The number of nitrogens with zero attached hydrogens (tertiary/aromatic N) is 4. The number of alkyl halides is 6. The molecule has 3 N–H and O–H groups in total. The third kappa shape index (κ3) is 12.3. The van der Waals surface area contributed by atoms with E-state index in [4.69, 9.17) is 24.5 Å². The number of carboxylic acids is 2. The van der Waals surface area contributed by atoms with E-state index < -0.39 is 24.3 Å². The zero-order valence-corrected chi connectivity index (χ0v) is 19.6. The molecule has 0 saturated carbocycles. The molecule has 2 aromatic heterocycles. The summed E-state index contributed by atoms with van der Waals surface area (Å²) in [6.45, 7) is 7.16. The minimum absolute atomic E-state index is 0.0552. The van der Waals surface area contributed by atoms with Crippen LogP contribution in [0.3, 0.4) is 0 Å². The summed E-state index contributed by atoms with van der Waals surface area (Å²) in [7, 11) is 0. The molecule has 1 saturated heterocycles. The summed E-state index contributed by atoms with van der Waals surface area (Å²) in [4.78, 5) is 33.7. The van der Waals surface area contributed by atoms with E-state index >= 15 is 0 Å². The average molecular weight is 541 g/mol. The van der Waals surface area contributed by atoms with E-state index in [0.717, 1.165) is 37.0 Å². The van der Waals surface area contributed by atoms with E-state index in [1.165, 1.54) is 0 Å². The molecule has 206 valence electrons. The van der Waals surface area contributed by atoms with Crippen molar-refractivity contribution >= 4 is 17.8 Å². The Labute approximate surface area is 207 Å². The van der Waals surface area contributed by atoms with Crippen molar-refractivity contribution < 1.29 is 50.9 Å². The molecule has 10 nitrogen and oxygen atoms in total. The third-order valence-electron chi connectivity index (χ3n) is 4.22. The molecule has 0 aliphatic carbocycles. The lowest BCUT2D eigenvalue weighted by molar-refractivity contribution is -0.193. The molecule has 1 aliphatic heterocycles. The Kier molecular flexibility index (Phi) is 12.1. The second-order valence-electron chi connectivity index (χ2n) is 7.59. The third-order valence-corrected chi connectivity index (χ3v) is 4.22. The first-order valence-corrected chi connectivity index (χ1v) is 10.5. The van der Waals surface area contributed by atoms with E-state index in [-0.39, 0.29) is 6.04 Å². The van der Waals surface area contributed by atoms with Crippen LogP contribution in [-0.2, 0) is 20.9 Å². The van der Waals surface area contributed by atoms with Gasteiger partial charge in [0, 0.05) is 31.5 Å². The molecule has 0 radical (unpaired) electrons. The predicted octanol–water partition coefficient (Wildman–Crippen LogP) is 3.53. The number of anilines is 1. The maximum absolute atomic E-state index is 10.6. The molecule has 1 aliphatic rings. The molecule has 3 rings (SSSR count). The highest BCUT2D eigenvalue weighted by Crippen LogP contribution is 2.24. The van der Waals surface area contributed by atoms with Crippen molar-refractivity contribution in [2.24, 2.45) is 0 Å². The molecule has 0 aromatic carbocycles. The summed E-state index contributed by atoms with van der Waals surface area (Å²) >= 11 is 0. The Morgan fingerprint density at radius 2 is 1.65 bits per heavy atom. The number of aliphatic carboxylic acids is 2. The van der Waals surface area contributed by atoms with Crippen molar-refractivity contribution in [1.29, 1.82) is 0 Å². The molecule has 0 amide bonds. The van der Waals surface area contributed by atoms with Crippen LogP contribution in [0.5, 0.6) is 0 Å². The maximum Gasteiger partial charge on any atom is 0.490 e. The summed E-state index contributed by atoms with van der Waals surface area (Å²) in [5.41, 5.74) is 1.05. The van der Waals surface area contributed by atoms with Gasteiger partial charge in [-0.3, -0.25) is 9.88 Å². The van der Waals surface area contributed by atoms with Gasteiger partial charge >= 0.3 is 24.3 Å². The van der Waals surface area contributed by atoms with Crippen LogP contribution in [0.15, 0.2) is 36.7 Å². The fourth-order valence-electron chi connectivity index (χ4n) is 2.68. The van der Waals surface area contributed by atoms with Gasteiger partial charge in [0.1, 0.15) is 11.6 Å². The maximum atomic E-state index is 10.6. The lowest BCUT2D eigenvalue weighted by Gasteiger charge is -2.34. The van der Waals surface area contributed by atoms with Crippen molar-refractivity contribution in [3.63, 3.8) is 0 Å². The van der Waals surface area contributed by atoms with Crippen LogP contribution in [0, 0.1) is 0 Å². The molecule has 1 unspecified atom stereocenters. The summed E-state index contributed by atoms with van der Waals surface area (Å²) < 4.78 is 69.1. The Bertz CT molecular complexity index is 968. The Balaban J connectivity index is 0.000000404. The molecule has 1 atom stereocenters. The van der Waals surface area contributed by atoms with Crippen LogP contribution in [0.25, 0.3) is 0 Å². The van der Waals surface area contributed by atoms with Crippen molar-refractivity contribution in [3.8, 4) is 0 Å². The topological polar surface area (TPSA) is 138 Å². The van der Waals surface area contributed by atoms with E-state index in [9.17, 15) is 26.3 Å². The zero-order valence-electron chi connectivity index (χ0n) is 19.6. The standard InChI is InChI=1S/C17H23N5O.2C2HF3O2/c1-13(2)20-16-6-8-19-17(21-16)15-12-23-10-9-22(15)11-14-5-3-4-7-18-14;2*3-2(4,5)1(6)7/h3-8,13,15H,9-12H2,1-2H3,(H,19,20,21);2*(H,6,7). The number of nitrogens with one attached hydrogen (secondary N) is 1. The molecule has 16 heteroatoms. The van der Waals surface area contributed by atoms with Gasteiger partial charge < -0.3 is 20.3 Å². The van der Waals surface area contributed by atoms with Crippen LogP contribution in [0.4, 0.5) is 32.2 Å². The Hall–Kier alpha value is -3.53. The van der Waals surface area contributed by atoms with Crippen molar-refractivity contribution in [1.82, 2.24) is 19.9 Å². The van der Waals surface area contributed by atoms with Crippen molar-refractivity contribution in [3.05, 3.63) is 48.2 Å². The molecular formula is C21H25F6N5O5. The largest absolute Gasteiger partial charge is 0.490 e. The van der Waals surface area contributed by atoms with E-state index in [2.05, 4.69) is 39.0 Å². The zero-order chi connectivity index (χ0) is 28.2. The number of morpholine rings is 1. The Morgan fingerprint density at radius 3 is 2.14 bits per heavy atom. The quantitative estimate of drug-likeness (QED) is 0.482. The van der Waals surface area contributed by atoms with Crippen LogP contribution >= 0.6 is 0 Å². The van der Waals surface area contributed by atoms with Crippen LogP contribution < -0.4 is 5.32 Å². The van der Waals surface area contributed by atoms with Gasteiger partial charge in [0.05, 0.1) is 24.9 Å². The van der Waals surface area contributed by atoms with Crippen molar-refractivity contribution in [2.75, 3.05) is 25.1 Å². The van der Waals surface area contributed by atoms with E-state index in [1.54, 1.807) is 6.20 Å². The minimum Gasteiger partial charge on any atom is -0.475 e. The van der Waals surface area contributed by atoms with Crippen LogP contribution in [-0.4, -0.2) is 80.2 Å². The van der Waals surface area contributed by atoms with Gasteiger partial charge in [-0.05, 0) is 32.0 Å². The number of halogens is 6. The fourth-order valence-corrected chi connectivity index (χ4v) is 2.68. The van der Waals surface area contributed by atoms with Gasteiger partial charge in [0.2, 0.25) is 0 Å². The van der Waals surface area contributed by atoms with Gasteiger partial charge in [-0.15, -0.1) is 0 Å². The molecule has 0 spiro atoms. The number of aromatic nitrogens is 3. The smallest absolute Gasteiger partial charge is 0.475 e. The SMILES string of the molecule is CC(C)Nc1ccnc(C2COCCN2Cc2ccccn2)n1.O=C(O)C(F)(F)F.O=C(O)C(F)(F)F. The molecule has 3 heterocycles. The van der Waals surface area contributed by atoms with E-state index in [0.29, 0.717) is 12.6 Å². The van der Waals surface area contributed by atoms with Gasteiger partial charge in [-0.2, -0.15) is 26.3 Å². The summed E-state index contributed by atoms with van der Waals surface area (Å²) in [6.07, 6.45) is -6.53. The minimum atomic E-state index is -5.08. The normalized spacial score (nSPS) is 16.1. The monoisotopic (exact) mass is 541 g/mol. The van der Waals surface area contributed by atoms with Gasteiger partial charge in [-0.25, -0.2) is 19.6 Å². The van der Waals surface area contributed by atoms with Crippen LogP contribution in [0.1, 0.15) is 31.4 Å². The van der Waals surface area contributed by atoms with E-state index in [1.807, 2.05) is 30.5 Å². The molecule has 37 heavy (non-hydrogen) atoms. The first-order valence-electron chi connectivity index (χ1n) is 10.5. The predicted molar refractivity (Wildman–Crippen MR) is 116 cm³/mol. The highest BCUT2D eigenvalue weighted by atomic mass is 19.4. The molecule has 1 fully saturated rings. The van der Waals surface area contributed by atoms with Crippen LogP contribution in [0.2, 0.25) is 0 Å². The second kappa shape index (κ2) is 14.3. The van der Waals surface area contributed by atoms with Gasteiger partial charge in [0.25, 0.3) is 0 Å². The molecular weight excluding hydrogens is 516 g/mol. The average Bonchev–Trinajstić information content (AvgIpc) is 2.79. The number of carboxylic acid groups (broad SMARTS) is 2. The number of ether oxygens (including phenoxy) is 1. The number of carbonyl (C=O) groups is 2. The first-order chi connectivity index (χ1) is 17.1. The highest BCUT2D eigenvalue weighted by molar-refractivity contribution is 5.73. The number of hydrogen-bond donors (Lipinski definition) is 3. The number of hydrogen-bond acceptors (Lipinski definition) is 8.